The Balaban J connectivity index is 1.53. The Kier molecular flexibility index (Phi) is 7.84. The molecule has 0 radical (unpaired) electrons. The van der Waals surface area contributed by atoms with Gasteiger partial charge in [0.15, 0.2) is 10.3 Å². The van der Waals surface area contributed by atoms with Crippen LogP contribution in [0.1, 0.15) is 44.2 Å². The van der Waals surface area contributed by atoms with Gasteiger partial charge in [0.05, 0.1) is 6.04 Å². The van der Waals surface area contributed by atoms with Gasteiger partial charge in [-0.25, -0.2) is 15.0 Å². The van der Waals surface area contributed by atoms with Gasteiger partial charge in [-0.15, -0.1) is 0 Å². The highest BCUT2D eigenvalue weighted by Crippen LogP contribution is 2.28. The van der Waals surface area contributed by atoms with Crippen LogP contribution in [0.2, 0.25) is 0 Å². The summed E-state index contributed by atoms with van der Waals surface area (Å²) in [6, 6.07) is 14.1. The monoisotopic (exact) mass is 465 g/mol. The molecule has 0 spiro atoms. The van der Waals surface area contributed by atoms with Gasteiger partial charge in [-0.05, 0) is 55.4 Å². The molecule has 32 heavy (non-hydrogen) atoms. The lowest BCUT2D eigenvalue weighted by Gasteiger charge is -2.23. The average molecular weight is 466 g/mol. The van der Waals surface area contributed by atoms with Gasteiger partial charge in [-0.3, -0.25) is 0 Å². The first-order chi connectivity index (χ1) is 15.7. The molecule has 1 aliphatic rings. The fraction of sp³-hybridized carbons (Fsp3) is 0.348. The van der Waals surface area contributed by atoms with Crippen LogP contribution in [0.15, 0.2) is 65.0 Å². The van der Waals surface area contributed by atoms with E-state index >= 15 is 0 Å². The molecule has 1 aliphatic heterocycles. The van der Waals surface area contributed by atoms with E-state index < -0.39 is 0 Å². The normalized spacial score (nSPS) is 15.0. The molecule has 1 unspecified atom stereocenters. The third-order valence-corrected chi connectivity index (χ3v) is 6.26. The number of anilines is 2. The third kappa shape index (κ3) is 6.37. The molecule has 166 valence electrons. The summed E-state index contributed by atoms with van der Waals surface area (Å²) < 4.78 is 0. The largest absolute Gasteiger partial charge is 0.356 e. The van der Waals surface area contributed by atoms with E-state index in [1.807, 2.05) is 24.3 Å². The van der Waals surface area contributed by atoms with Crippen LogP contribution >= 0.6 is 24.0 Å². The van der Waals surface area contributed by atoms with Crippen LogP contribution < -0.4 is 15.5 Å². The number of nitrogens with zero attached hydrogens (tertiary/aromatic N) is 5. The van der Waals surface area contributed by atoms with Gasteiger partial charge in [-0.1, -0.05) is 43.2 Å². The molecule has 2 aromatic heterocycles. The minimum Gasteiger partial charge on any atom is -0.356 e. The van der Waals surface area contributed by atoms with Crippen molar-refractivity contribution >= 4 is 40.9 Å². The van der Waals surface area contributed by atoms with Crippen molar-refractivity contribution in [3.8, 4) is 0 Å². The van der Waals surface area contributed by atoms with Crippen molar-refractivity contribution in [2.24, 2.45) is 0 Å². The SMILES string of the molecule is CC(NC(=S)Nc1nc(Sc2ncccn2)cc(N2CCCCCC2)n1)c1ccccc1. The van der Waals surface area contributed by atoms with E-state index in [0.29, 0.717) is 16.2 Å². The Morgan fingerprint density at radius 1 is 1.00 bits per heavy atom. The van der Waals surface area contributed by atoms with Crippen LogP contribution in [0, 0.1) is 0 Å². The third-order valence-electron chi connectivity index (χ3n) is 5.23. The summed E-state index contributed by atoms with van der Waals surface area (Å²) in [6.07, 6.45) is 8.33. The fourth-order valence-corrected chi connectivity index (χ4v) is 4.55. The van der Waals surface area contributed by atoms with Gasteiger partial charge >= 0.3 is 0 Å². The molecule has 2 N–H and O–H groups in total. The predicted octanol–water partition coefficient (Wildman–Crippen LogP) is 4.85. The van der Waals surface area contributed by atoms with E-state index in [1.54, 1.807) is 18.5 Å². The summed E-state index contributed by atoms with van der Waals surface area (Å²) in [5, 5.41) is 8.42. The van der Waals surface area contributed by atoms with Crippen LogP contribution in [-0.4, -0.2) is 38.1 Å². The van der Waals surface area contributed by atoms with Crippen LogP contribution in [0.25, 0.3) is 0 Å². The van der Waals surface area contributed by atoms with Crippen molar-refractivity contribution in [2.75, 3.05) is 23.3 Å². The second-order valence-corrected chi connectivity index (χ2v) is 9.05. The maximum Gasteiger partial charge on any atom is 0.232 e. The van der Waals surface area contributed by atoms with Crippen molar-refractivity contribution in [2.45, 2.75) is 48.8 Å². The van der Waals surface area contributed by atoms with E-state index in [9.17, 15) is 0 Å². The molecule has 4 rings (SSSR count). The van der Waals surface area contributed by atoms with Crippen LogP contribution in [0.3, 0.4) is 0 Å². The number of thiocarbonyl (C=S) groups is 1. The van der Waals surface area contributed by atoms with E-state index in [-0.39, 0.29) is 6.04 Å². The van der Waals surface area contributed by atoms with Crippen molar-refractivity contribution in [1.29, 1.82) is 0 Å². The number of hydrogen-bond acceptors (Lipinski definition) is 7. The Morgan fingerprint density at radius 2 is 1.72 bits per heavy atom. The van der Waals surface area contributed by atoms with Crippen LogP contribution in [0.5, 0.6) is 0 Å². The molecule has 1 fully saturated rings. The molecule has 1 atom stereocenters. The van der Waals surface area contributed by atoms with Gasteiger partial charge < -0.3 is 15.5 Å². The summed E-state index contributed by atoms with van der Waals surface area (Å²) >= 11 is 6.98. The molecular weight excluding hydrogens is 438 g/mol. The molecule has 1 aromatic carbocycles. The minimum atomic E-state index is 0.0663. The lowest BCUT2D eigenvalue weighted by Crippen LogP contribution is -2.32. The number of hydrogen-bond donors (Lipinski definition) is 2. The van der Waals surface area contributed by atoms with Crippen molar-refractivity contribution < 1.29 is 0 Å². The van der Waals surface area contributed by atoms with E-state index in [0.717, 1.165) is 29.5 Å². The standard InChI is InChI=1S/C23H27N7S2/c1-17(18-10-5-4-6-11-18)26-22(31)29-21-27-19(30-14-7-2-3-8-15-30)16-20(28-21)32-23-24-12-9-13-25-23/h4-6,9-13,16-17H,2-3,7-8,14-15H2,1H3,(H2,26,27,28,29,31). The van der Waals surface area contributed by atoms with Gasteiger partial charge in [-0.2, -0.15) is 4.98 Å². The van der Waals surface area contributed by atoms with Crippen LogP contribution in [-0.2, 0) is 0 Å². The maximum absolute atomic E-state index is 5.56. The first kappa shape index (κ1) is 22.4. The minimum absolute atomic E-state index is 0.0663. The van der Waals surface area contributed by atoms with E-state index in [1.165, 1.54) is 37.4 Å². The first-order valence-corrected chi connectivity index (χ1v) is 12.1. The maximum atomic E-state index is 5.56. The quantitative estimate of drug-likeness (QED) is 0.302. The number of nitrogens with one attached hydrogen (secondary N) is 2. The highest BCUT2D eigenvalue weighted by Gasteiger charge is 2.16. The molecule has 3 heterocycles. The second kappa shape index (κ2) is 11.2. The molecule has 7 nitrogen and oxygen atoms in total. The summed E-state index contributed by atoms with van der Waals surface area (Å²) in [5.41, 5.74) is 1.16. The smallest absolute Gasteiger partial charge is 0.232 e. The van der Waals surface area contributed by atoms with Crippen LogP contribution in [0.4, 0.5) is 11.8 Å². The molecule has 0 amide bonds. The van der Waals surface area contributed by atoms with E-state index in [4.69, 9.17) is 17.2 Å². The highest BCUT2D eigenvalue weighted by atomic mass is 32.2. The highest BCUT2D eigenvalue weighted by molar-refractivity contribution is 7.99. The summed E-state index contributed by atoms with van der Waals surface area (Å²) in [5.74, 6) is 1.38. The molecule has 0 aliphatic carbocycles. The summed E-state index contributed by atoms with van der Waals surface area (Å²) in [7, 11) is 0. The van der Waals surface area contributed by atoms with Gasteiger partial charge in [0.25, 0.3) is 0 Å². The summed E-state index contributed by atoms with van der Waals surface area (Å²) in [4.78, 5) is 20.4. The fourth-order valence-electron chi connectivity index (χ4n) is 3.57. The van der Waals surface area contributed by atoms with Gasteiger partial charge in [0, 0.05) is 31.5 Å². The Bertz CT molecular complexity index is 1010. The van der Waals surface area contributed by atoms with Crippen molar-refractivity contribution in [1.82, 2.24) is 25.3 Å². The lowest BCUT2D eigenvalue weighted by atomic mass is 10.1. The Hall–Kier alpha value is -2.78. The molecule has 3 aromatic rings. The zero-order valence-electron chi connectivity index (χ0n) is 18.1. The number of aromatic nitrogens is 4. The second-order valence-electron chi connectivity index (χ2n) is 7.65. The molecule has 9 heteroatoms. The molecule has 0 bridgehead atoms. The van der Waals surface area contributed by atoms with Crippen molar-refractivity contribution in [3.05, 3.63) is 60.4 Å². The zero-order chi connectivity index (χ0) is 22.2. The number of rotatable bonds is 6. The topological polar surface area (TPSA) is 78.9 Å². The molecule has 1 saturated heterocycles. The Labute approximate surface area is 198 Å². The predicted molar refractivity (Wildman–Crippen MR) is 133 cm³/mol. The van der Waals surface area contributed by atoms with Gasteiger partial charge in [0.2, 0.25) is 5.95 Å². The molecule has 0 saturated carbocycles. The van der Waals surface area contributed by atoms with E-state index in [2.05, 4.69) is 49.5 Å². The van der Waals surface area contributed by atoms with Gasteiger partial charge in [0.1, 0.15) is 10.8 Å². The summed E-state index contributed by atoms with van der Waals surface area (Å²) in [6.45, 7) is 4.07. The first-order valence-electron chi connectivity index (χ1n) is 10.9. The zero-order valence-corrected chi connectivity index (χ0v) is 19.7. The average Bonchev–Trinajstić information content (AvgIpc) is 3.10. The Morgan fingerprint density at radius 3 is 2.44 bits per heavy atom. The lowest BCUT2D eigenvalue weighted by molar-refractivity contribution is 0.721. The van der Waals surface area contributed by atoms with Crippen molar-refractivity contribution in [3.63, 3.8) is 0 Å². The number of benzene rings is 1. The molecular formula is C23H27N7S2.